The lowest BCUT2D eigenvalue weighted by atomic mass is 10.2. The summed E-state index contributed by atoms with van der Waals surface area (Å²) in [7, 11) is 0. The number of hydrogen-bond acceptors (Lipinski definition) is 3. The van der Waals surface area contributed by atoms with Gasteiger partial charge in [0.05, 0.1) is 17.9 Å². The molecule has 2 aromatic carbocycles. The number of rotatable bonds is 8. The summed E-state index contributed by atoms with van der Waals surface area (Å²) in [5.41, 5.74) is 0.524. The van der Waals surface area contributed by atoms with Crippen molar-refractivity contribution >= 4 is 29.1 Å². The van der Waals surface area contributed by atoms with E-state index in [1.807, 2.05) is 6.92 Å². The molecule has 0 atom stereocenters. The second-order valence-corrected chi connectivity index (χ2v) is 5.90. The van der Waals surface area contributed by atoms with E-state index in [0.717, 1.165) is 6.07 Å². The minimum absolute atomic E-state index is 0.0778. The fraction of sp³-hybridized carbons (Fsp3) is 0.263. The Morgan fingerprint density at radius 2 is 1.96 bits per heavy atom. The molecule has 0 saturated heterocycles. The summed E-state index contributed by atoms with van der Waals surface area (Å²) in [6.45, 7) is 2.62. The van der Waals surface area contributed by atoms with Crippen molar-refractivity contribution in [2.75, 3.05) is 18.5 Å². The number of amides is 2. The summed E-state index contributed by atoms with van der Waals surface area (Å²) in [5.74, 6) is -0.677. The fourth-order valence-corrected chi connectivity index (χ4v) is 2.44. The molecule has 2 N–H and O–H groups in total. The first kappa shape index (κ1) is 19.7. The summed E-state index contributed by atoms with van der Waals surface area (Å²) in [6, 6.07) is 11.0. The fourth-order valence-electron chi connectivity index (χ4n) is 2.29. The number of anilines is 1. The van der Waals surface area contributed by atoms with Crippen molar-refractivity contribution in [3.8, 4) is 5.75 Å². The highest BCUT2D eigenvalue weighted by molar-refractivity contribution is 6.30. The maximum Gasteiger partial charge on any atom is 0.255 e. The van der Waals surface area contributed by atoms with Crippen LogP contribution in [0.2, 0.25) is 5.02 Å². The molecule has 0 saturated carbocycles. The summed E-state index contributed by atoms with van der Waals surface area (Å²) < 4.78 is 19.0. The van der Waals surface area contributed by atoms with Crippen molar-refractivity contribution in [2.45, 2.75) is 19.8 Å². The molecule has 0 spiro atoms. The van der Waals surface area contributed by atoms with Crippen LogP contribution in [-0.4, -0.2) is 25.0 Å². The zero-order valence-corrected chi connectivity index (χ0v) is 15.1. The predicted molar refractivity (Wildman–Crippen MR) is 99.2 cm³/mol. The topological polar surface area (TPSA) is 67.4 Å². The van der Waals surface area contributed by atoms with Gasteiger partial charge in [-0.1, -0.05) is 23.7 Å². The Morgan fingerprint density at radius 3 is 2.69 bits per heavy atom. The minimum atomic E-state index is -0.591. The van der Waals surface area contributed by atoms with Crippen molar-refractivity contribution in [1.29, 1.82) is 0 Å². The first-order chi connectivity index (χ1) is 12.5. The van der Waals surface area contributed by atoms with Crippen LogP contribution < -0.4 is 15.4 Å². The number of hydrogen-bond donors (Lipinski definition) is 2. The first-order valence-corrected chi connectivity index (χ1v) is 8.64. The van der Waals surface area contributed by atoms with Gasteiger partial charge >= 0.3 is 0 Å². The predicted octanol–water partition coefficient (Wildman–Crippen LogP) is 4.03. The molecule has 7 heteroatoms. The van der Waals surface area contributed by atoms with Gasteiger partial charge in [-0.05, 0) is 43.7 Å². The summed E-state index contributed by atoms with van der Waals surface area (Å²) in [6.07, 6.45) is 0.568. The van der Waals surface area contributed by atoms with E-state index in [9.17, 15) is 14.0 Å². The van der Waals surface area contributed by atoms with Crippen molar-refractivity contribution in [3.05, 3.63) is 58.9 Å². The van der Waals surface area contributed by atoms with E-state index in [4.69, 9.17) is 16.3 Å². The third kappa shape index (κ3) is 5.74. The zero-order valence-electron chi connectivity index (χ0n) is 14.4. The lowest BCUT2D eigenvalue weighted by Crippen LogP contribution is -2.26. The minimum Gasteiger partial charge on any atom is -0.493 e. The monoisotopic (exact) mass is 378 g/mol. The number of benzene rings is 2. The van der Waals surface area contributed by atoms with Gasteiger partial charge in [-0.2, -0.15) is 0 Å². The normalized spacial score (nSPS) is 10.3. The van der Waals surface area contributed by atoms with E-state index in [-0.39, 0.29) is 28.9 Å². The average molecular weight is 379 g/mol. The second kappa shape index (κ2) is 9.77. The third-order valence-corrected chi connectivity index (χ3v) is 3.74. The molecular formula is C19H20ClFN2O3. The third-order valence-electron chi connectivity index (χ3n) is 3.50. The van der Waals surface area contributed by atoms with Gasteiger partial charge in [0.15, 0.2) is 0 Å². The van der Waals surface area contributed by atoms with Gasteiger partial charge < -0.3 is 15.4 Å². The molecule has 0 heterocycles. The summed E-state index contributed by atoms with van der Waals surface area (Å²) >= 11 is 5.67. The average Bonchev–Trinajstić information content (AvgIpc) is 2.62. The largest absolute Gasteiger partial charge is 0.493 e. The van der Waals surface area contributed by atoms with E-state index in [2.05, 4.69) is 10.6 Å². The van der Waals surface area contributed by atoms with E-state index in [1.54, 1.807) is 24.3 Å². The van der Waals surface area contributed by atoms with Crippen LogP contribution in [0.25, 0.3) is 0 Å². The molecule has 0 aliphatic heterocycles. The Kier molecular flexibility index (Phi) is 7.41. The highest BCUT2D eigenvalue weighted by Gasteiger charge is 2.12. The molecule has 5 nitrogen and oxygen atoms in total. The Labute approximate surface area is 156 Å². The van der Waals surface area contributed by atoms with Crippen molar-refractivity contribution < 1.29 is 18.7 Å². The molecule has 2 aromatic rings. The van der Waals surface area contributed by atoms with Crippen LogP contribution >= 0.6 is 11.6 Å². The van der Waals surface area contributed by atoms with E-state index in [0.29, 0.717) is 30.9 Å². The van der Waals surface area contributed by atoms with Crippen LogP contribution in [0.5, 0.6) is 5.75 Å². The standard InChI is InChI=1S/C19H20ClFN2O3/c1-2-26-17-7-4-3-6-14(17)19(25)22-11-5-8-18(24)23-16-10-9-13(20)12-15(16)21/h3-4,6-7,9-10,12H,2,5,8,11H2,1H3,(H,22,25)(H,23,24). The van der Waals surface area contributed by atoms with Gasteiger partial charge in [0.2, 0.25) is 5.91 Å². The van der Waals surface area contributed by atoms with Gasteiger partial charge in [0.1, 0.15) is 11.6 Å². The highest BCUT2D eigenvalue weighted by atomic mass is 35.5. The molecule has 26 heavy (non-hydrogen) atoms. The molecule has 0 radical (unpaired) electrons. The van der Waals surface area contributed by atoms with Crippen LogP contribution in [0.15, 0.2) is 42.5 Å². The SMILES string of the molecule is CCOc1ccccc1C(=O)NCCCC(=O)Nc1ccc(Cl)cc1F. The molecule has 0 fully saturated rings. The zero-order chi connectivity index (χ0) is 18.9. The second-order valence-electron chi connectivity index (χ2n) is 5.46. The molecule has 0 unspecified atom stereocenters. The van der Waals surface area contributed by atoms with Crippen LogP contribution in [-0.2, 0) is 4.79 Å². The van der Waals surface area contributed by atoms with Gasteiger partial charge in [-0.3, -0.25) is 9.59 Å². The smallest absolute Gasteiger partial charge is 0.255 e. The maximum absolute atomic E-state index is 13.6. The molecular weight excluding hydrogens is 359 g/mol. The molecule has 2 rings (SSSR count). The van der Waals surface area contributed by atoms with Crippen LogP contribution in [0.1, 0.15) is 30.1 Å². The van der Waals surface area contributed by atoms with Crippen LogP contribution in [0.3, 0.4) is 0 Å². The Hall–Kier alpha value is -2.60. The van der Waals surface area contributed by atoms with Crippen molar-refractivity contribution in [1.82, 2.24) is 5.32 Å². The van der Waals surface area contributed by atoms with Crippen LogP contribution in [0.4, 0.5) is 10.1 Å². The Bertz CT molecular complexity index is 783. The van der Waals surface area contributed by atoms with Gasteiger partial charge in [0, 0.05) is 18.0 Å². The van der Waals surface area contributed by atoms with Gasteiger partial charge in [-0.25, -0.2) is 4.39 Å². The number of nitrogens with one attached hydrogen (secondary N) is 2. The number of halogens is 2. The molecule has 0 aromatic heterocycles. The Balaban J connectivity index is 1.78. The summed E-state index contributed by atoms with van der Waals surface area (Å²) in [4.78, 5) is 24.1. The summed E-state index contributed by atoms with van der Waals surface area (Å²) in [5, 5.41) is 5.48. The van der Waals surface area contributed by atoms with E-state index < -0.39 is 5.82 Å². The lowest BCUT2D eigenvalue weighted by molar-refractivity contribution is -0.116. The van der Waals surface area contributed by atoms with Gasteiger partial charge in [-0.15, -0.1) is 0 Å². The number of carbonyl (C=O) groups is 2. The lowest BCUT2D eigenvalue weighted by Gasteiger charge is -2.10. The molecule has 0 aliphatic rings. The van der Waals surface area contributed by atoms with Gasteiger partial charge in [0.25, 0.3) is 5.91 Å². The van der Waals surface area contributed by atoms with Crippen molar-refractivity contribution in [3.63, 3.8) is 0 Å². The molecule has 2 amide bonds. The number of carbonyl (C=O) groups excluding carboxylic acids is 2. The maximum atomic E-state index is 13.6. The Morgan fingerprint density at radius 1 is 1.19 bits per heavy atom. The van der Waals surface area contributed by atoms with Crippen LogP contribution in [0, 0.1) is 5.82 Å². The number of ether oxygens (including phenoxy) is 1. The van der Waals surface area contributed by atoms with E-state index in [1.165, 1.54) is 12.1 Å². The first-order valence-electron chi connectivity index (χ1n) is 8.26. The molecule has 138 valence electrons. The van der Waals surface area contributed by atoms with E-state index >= 15 is 0 Å². The highest BCUT2D eigenvalue weighted by Crippen LogP contribution is 2.19. The van der Waals surface area contributed by atoms with Crippen molar-refractivity contribution in [2.24, 2.45) is 0 Å². The molecule has 0 bridgehead atoms. The molecule has 0 aliphatic carbocycles. The number of para-hydroxylation sites is 1. The quantitative estimate of drug-likeness (QED) is 0.681.